The molecule has 2 atom stereocenters. The van der Waals surface area contributed by atoms with E-state index >= 15 is 0 Å². The average Bonchev–Trinajstić information content (AvgIpc) is 2.14. The average molecular weight is 236 g/mol. The lowest BCUT2D eigenvalue weighted by Crippen LogP contribution is -2.49. The number of sulfonamides is 1. The monoisotopic (exact) mass is 236 g/mol. The van der Waals surface area contributed by atoms with Gasteiger partial charge < -0.3 is 10.5 Å². The minimum absolute atomic E-state index is 0.00982. The minimum Gasteiger partial charge on any atom is -0.384 e. The van der Waals surface area contributed by atoms with E-state index in [2.05, 4.69) is 0 Å². The Morgan fingerprint density at radius 1 is 1.53 bits per heavy atom. The molecule has 2 N–H and O–H groups in total. The Morgan fingerprint density at radius 2 is 2.20 bits per heavy atom. The highest BCUT2D eigenvalue weighted by Gasteiger charge is 2.31. The van der Waals surface area contributed by atoms with Crippen LogP contribution >= 0.6 is 0 Å². The summed E-state index contributed by atoms with van der Waals surface area (Å²) in [5, 5.41) is 0. The maximum absolute atomic E-state index is 11.9. The van der Waals surface area contributed by atoms with Gasteiger partial charge in [0.05, 0.1) is 12.4 Å². The van der Waals surface area contributed by atoms with Crippen LogP contribution in [0.15, 0.2) is 0 Å². The summed E-state index contributed by atoms with van der Waals surface area (Å²) in [6.07, 6.45) is 1.49. The molecule has 0 spiro atoms. The van der Waals surface area contributed by atoms with Gasteiger partial charge in [-0.1, -0.05) is 0 Å². The maximum Gasteiger partial charge on any atom is 0.216 e. The van der Waals surface area contributed by atoms with Gasteiger partial charge in [-0.3, -0.25) is 0 Å². The van der Waals surface area contributed by atoms with Crippen molar-refractivity contribution in [2.75, 3.05) is 26.0 Å². The second kappa shape index (κ2) is 5.25. The standard InChI is InChI=1S/C9H20N2O3S/c1-8-7-9(10)3-4-11(8)15(12,13)6-5-14-2/h8-9H,3-7,10H2,1-2H3. The summed E-state index contributed by atoms with van der Waals surface area (Å²) in [4.78, 5) is 0. The van der Waals surface area contributed by atoms with Crippen molar-refractivity contribution in [1.29, 1.82) is 0 Å². The summed E-state index contributed by atoms with van der Waals surface area (Å²) < 4.78 is 30.1. The van der Waals surface area contributed by atoms with Crippen LogP contribution in [0.3, 0.4) is 0 Å². The summed E-state index contributed by atoms with van der Waals surface area (Å²) >= 11 is 0. The van der Waals surface area contributed by atoms with E-state index in [-0.39, 0.29) is 24.4 Å². The zero-order valence-electron chi connectivity index (χ0n) is 9.35. The number of hydrogen-bond acceptors (Lipinski definition) is 4. The smallest absolute Gasteiger partial charge is 0.216 e. The SMILES string of the molecule is COCCS(=O)(=O)N1CCC(N)CC1C. The third-order valence-electron chi connectivity index (χ3n) is 2.76. The van der Waals surface area contributed by atoms with Gasteiger partial charge in [-0.25, -0.2) is 8.42 Å². The number of hydrogen-bond donors (Lipinski definition) is 1. The Hall–Kier alpha value is -0.170. The summed E-state index contributed by atoms with van der Waals surface area (Å²) in [6.45, 7) is 2.69. The Morgan fingerprint density at radius 3 is 2.73 bits per heavy atom. The van der Waals surface area contributed by atoms with E-state index in [1.54, 1.807) is 4.31 Å². The van der Waals surface area contributed by atoms with Gasteiger partial charge in [0.1, 0.15) is 0 Å². The van der Waals surface area contributed by atoms with Crippen molar-refractivity contribution in [2.24, 2.45) is 5.73 Å². The molecule has 0 aliphatic carbocycles. The van der Waals surface area contributed by atoms with Crippen molar-refractivity contribution in [3.8, 4) is 0 Å². The topological polar surface area (TPSA) is 72.6 Å². The molecule has 15 heavy (non-hydrogen) atoms. The second-order valence-corrected chi connectivity index (χ2v) is 6.09. The Balaban J connectivity index is 2.62. The van der Waals surface area contributed by atoms with Gasteiger partial charge in [0.2, 0.25) is 10.0 Å². The molecule has 1 aliphatic heterocycles. The number of rotatable bonds is 4. The van der Waals surface area contributed by atoms with Crippen molar-refractivity contribution in [3.63, 3.8) is 0 Å². The highest BCUT2D eigenvalue weighted by molar-refractivity contribution is 7.89. The quantitative estimate of drug-likeness (QED) is 0.732. The van der Waals surface area contributed by atoms with E-state index < -0.39 is 10.0 Å². The molecule has 0 saturated carbocycles. The summed E-state index contributed by atoms with van der Waals surface area (Å²) in [5.74, 6) is 0.0586. The molecule has 1 aliphatic rings. The van der Waals surface area contributed by atoms with Crippen molar-refractivity contribution >= 4 is 10.0 Å². The van der Waals surface area contributed by atoms with Gasteiger partial charge in [-0.05, 0) is 19.8 Å². The van der Waals surface area contributed by atoms with E-state index in [0.717, 1.165) is 12.8 Å². The zero-order valence-corrected chi connectivity index (χ0v) is 10.2. The molecule has 0 aromatic rings. The number of nitrogens with two attached hydrogens (primary N) is 1. The molecule has 0 aromatic heterocycles. The van der Waals surface area contributed by atoms with Crippen LogP contribution in [0.25, 0.3) is 0 Å². The van der Waals surface area contributed by atoms with Gasteiger partial charge in [0, 0.05) is 25.7 Å². The Bertz CT molecular complexity index is 292. The second-order valence-electron chi connectivity index (χ2n) is 4.05. The first kappa shape index (κ1) is 12.9. The first-order chi connectivity index (χ1) is 6.97. The van der Waals surface area contributed by atoms with Crippen LogP contribution in [0.4, 0.5) is 0 Å². The van der Waals surface area contributed by atoms with Crippen molar-refractivity contribution in [2.45, 2.75) is 31.8 Å². The Kier molecular flexibility index (Phi) is 4.51. The van der Waals surface area contributed by atoms with Crippen molar-refractivity contribution < 1.29 is 13.2 Å². The fourth-order valence-electron chi connectivity index (χ4n) is 1.91. The van der Waals surface area contributed by atoms with E-state index in [1.807, 2.05) is 6.92 Å². The summed E-state index contributed by atoms with van der Waals surface area (Å²) in [6, 6.07) is 0.143. The van der Waals surface area contributed by atoms with Crippen LogP contribution in [0.5, 0.6) is 0 Å². The highest BCUT2D eigenvalue weighted by Crippen LogP contribution is 2.19. The molecule has 5 nitrogen and oxygen atoms in total. The third kappa shape index (κ3) is 3.41. The molecule has 0 amide bonds. The van der Waals surface area contributed by atoms with Crippen LogP contribution in [0, 0.1) is 0 Å². The Labute approximate surface area is 91.6 Å². The predicted molar refractivity (Wildman–Crippen MR) is 59.0 cm³/mol. The molecule has 0 bridgehead atoms. The summed E-state index contributed by atoms with van der Waals surface area (Å²) in [5.41, 5.74) is 5.78. The fraction of sp³-hybridized carbons (Fsp3) is 1.00. The minimum atomic E-state index is -3.17. The van der Waals surface area contributed by atoms with E-state index in [0.29, 0.717) is 6.54 Å². The highest BCUT2D eigenvalue weighted by atomic mass is 32.2. The summed E-state index contributed by atoms with van der Waals surface area (Å²) in [7, 11) is -1.66. The number of piperidine rings is 1. The van der Waals surface area contributed by atoms with Crippen LogP contribution < -0.4 is 5.73 Å². The van der Waals surface area contributed by atoms with Gasteiger partial charge in [-0.2, -0.15) is 4.31 Å². The molecule has 1 rings (SSSR count). The molecule has 0 radical (unpaired) electrons. The molecular formula is C9H20N2O3S. The lowest BCUT2D eigenvalue weighted by atomic mass is 10.0. The molecule has 90 valence electrons. The van der Waals surface area contributed by atoms with Crippen LogP contribution in [0.2, 0.25) is 0 Å². The van der Waals surface area contributed by atoms with Crippen molar-refractivity contribution in [3.05, 3.63) is 0 Å². The lowest BCUT2D eigenvalue weighted by Gasteiger charge is -2.35. The van der Waals surface area contributed by atoms with Crippen LogP contribution in [-0.2, 0) is 14.8 Å². The maximum atomic E-state index is 11.9. The van der Waals surface area contributed by atoms with Crippen molar-refractivity contribution in [1.82, 2.24) is 4.31 Å². The number of nitrogens with zero attached hydrogens (tertiary/aromatic N) is 1. The first-order valence-electron chi connectivity index (χ1n) is 5.21. The molecule has 1 heterocycles. The third-order valence-corrected chi connectivity index (χ3v) is 4.70. The van der Waals surface area contributed by atoms with Crippen LogP contribution in [0.1, 0.15) is 19.8 Å². The lowest BCUT2D eigenvalue weighted by molar-refractivity contribution is 0.209. The van der Waals surface area contributed by atoms with Crippen LogP contribution in [-0.4, -0.2) is 50.8 Å². The predicted octanol–water partition coefficient (Wildman–Crippen LogP) is -0.226. The normalized spacial score (nSPS) is 29.3. The van der Waals surface area contributed by atoms with Gasteiger partial charge in [-0.15, -0.1) is 0 Å². The van der Waals surface area contributed by atoms with Gasteiger partial charge in [0.25, 0.3) is 0 Å². The molecule has 0 aromatic carbocycles. The van der Waals surface area contributed by atoms with E-state index in [1.165, 1.54) is 7.11 Å². The van der Waals surface area contributed by atoms with Gasteiger partial charge >= 0.3 is 0 Å². The van der Waals surface area contributed by atoms with E-state index in [4.69, 9.17) is 10.5 Å². The molecule has 2 unspecified atom stereocenters. The largest absolute Gasteiger partial charge is 0.384 e. The molecule has 6 heteroatoms. The molecular weight excluding hydrogens is 216 g/mol. The number of methoxy groups -OCH3 is 1. The van der Waals surface area contributed by atoms with E-state index in [9.17, 15) is 8.42 Å². The fourth-order valence-corrected chi connectivity index (χ4v) is 3.54. The van der Waals surface area contributed by atoms with Gasteiger partial charge in [0.15, 0.2) is 0 Å². The number of ether oxygens (including phenoxy) is 1. The first-order valence-corrected chi connectivity index (χ1v) is 6.82. The molecule has 1 fully saturated rings. The zero-order chi connectivity index (χ0) is 11.5. The molecule has 1 saturated heterocycles.